The lowest BCUT2D eigenvalue weighted by atomic mass is 9.97. The number of pyridine rings is 1. The SMILES string of the molecule is C=C(C)C(=O)Nc1ccc(-c2c(-c3ccc4cccnc4c3)c3c(N)ncnc3n2C)cc1. The van der Waals surface area contributed by atoms with Crippen molar-refractivity contribution in [2.24, 2.45) is 7.05 Å². The largest absolute Gasteiger partial charge is 0.383 e. The average Bonchev–Trinajstić information content (AvgIpc) is 3.13. The maximum atomic E-state index is 12.0. The van der Waals surface area contributed by atoms with Crippen molar-refractivity contribution in [2.45, 2.75) is 6.92 Å². The minimum absolute atomic E-state index is 0.209. The highest BCUT2D eigenvalue weighted by Gasteiger charge is 2.22. The molecule has 3 heterocycles. The van der Waals surface area contributed by atoms with Crippen LogP contribution in [0.5, 0.6) is 0 Å². The van der Waals surface area contributed by atoms with Gasteiger partial charge in [0.2, 0.25) is 0 Å². The molecule has 0 atom stereocenters. The Bertz CT molecular complexity index is 1550. The van der Waals surface area contributed by atoms with Gasteiger partial charge in [-0.15, -0.1) is 0 Å². The monoisotopic (exact) mass is 434 g/mol. The zero-order valence-corrected chi connectivity index (χ0v) is 18.3. The highest BCUT2D eigenvalue weighted by molar-refractivity contribution is 6.09. The Hall–Kier alpha value is -4.52. The summed E-state index contributed by atoms with van der Waals surface area (Å²) in [5.74, 6) is 0.211. The number of amides is 1. The molecule has 0 saturated heterocycles. The lowest BCUT2D eigenvalue weighted by Crippen LogP contribution is -2.11. The van der Waals surface area contributed by atoms with Crippen LogP contribution in [-0.4, -0.2) is 25.4 Å². The molecule has 0 aliphatic carbocycles. The molecule has 33 heavy (non-hydrogen) atoms. The molecule has 1 amide bonds. The molecule has 2 aromatic carbocycles. The molecule has 0 bridgehead atoms. The van der Waals surface area contributed by atoms with Gasteiger partial charge in [-0.3, -0.25) is 9.78 Å². The van der Waals surface area contributed by atoms with Crippen LogP contribution in [0.15, 0.2) is 79.3 Å². The van der Waals surface area contributed by atoms with Gasteiger partial charge in [-0.1, -0.05) is 36.9 Å². The number of fused-ring (bicyclic) bond motifs is 2. The summed E-state index contributed by atoms with van der Waals surface area (Å²) in [6.07, 6.45) is 3.26. The topological polar surface area (TPSA) is 98.7 Å². The third kappa shape index (κ3) is 3.49. The number of nitrogens with one attached hydrogen (secondary N) is 1. The molecule has 0 fully saturated rings. The number of nitrogens with two attached hydrogens (primary N) is 1. The quantitative estimate of drug-likeness (QED) is 0.390. The van der Waals surface area contributed by atoms with Crippen LogP contribution in [0.25, 0.3) is 44.3 Å². The summed E-state index contributed by atoms with van der Waals surface area (Å²) in [6.45, 7) is 5.36. The van der Waals surface area contributed by atoms with E-state index in [1.165, 1.54) is 6.33 Å². The van der Waals surface area contributed by atoms with Crippen LogP contribution in [0, 0.1) is 0 Å². The van der Waals surface area contributed by atoms with Crippen LogP contribution in [0.2, 0.25) is 0 Å². The first-order chi connectivity index (χ1) is 15.9. The van der Waals surface area contributed by atoms with Crippen LogP contribution in [-0.2, 0) is 11.8 Å². The molecular weight excluding hydrogens is 412 g/mol. The highest BCUT2D eigenvalue weighted by atomic mass is 16.1. The standard InChI is InChI=1S/C26H22N6O/c1-15(2)26(33)31-19-10-8-17(9-11-19)23-21(22-24(27)29-14-30-25(22)32(23)3)18-7-6-16-5-4-12-28-20(16)13-18/h4-14H,1H2,2-3H3,(H,31,33)(H2,27,29,30). The molecule has 162 valence electrons. The molecule has 0 spiro atoms. The number of benzene rings is 2. The van der Waals surface area contributed by atoms with Crippen molar-refractivity contribution in [2.75, 3.05) is 11.1 Å². The van der Waals surface area contributed by atoms with E-state index in [9.17, 15) is 4.79 Å². The first kappa shape index (κ1) is 20.4. The maximum Gasteiger partial charge on any atom is 0.250 e. The zero-order valence-electron chi connectivity index (χ0n) is 18.3. The number of aryl methyl sites for hydroxylation is 1. The van der Waals surface area contributed by atoms with Crippen molar-refractivity contribution >= 4 is 39.3 Å². The van der Waals surface area contributed by atoms with Gasteiger partial charge >= 0.3 is 0 Å². The molecule has 3 aromatic heterocycles. The Labute approximate surface area is 190 Å². The summed E-state index contributed by atoms with van der Waals surface area (Å²) < 4.78 is 2.02. The number of nitrogens with zero attached hydrogens (tertiary/aromatic N) is 4. The molecule has 0 aliphatic heterocycles. The Balaban J connectivity index is 1.72. The normalized spacial score (nSPS) is 11.1. The van der Waals surface area contributed by atoms with Gasteiger partial charge in [0, 0.05) is 35.5 Å². The van der Waals surface area contributed by atoms with E-state index in [-0.39, 0.29) is 5.91 Å². The van der Waals surface area contributed by atoms with E-state index < -0.39 is 0 Å². The fourth-order valence-electron chi connectivity index (χ4n) is 4.07. The molecule has 0 aliphatic rings. The van der Waals surface area contributed by atoms with Crippen molar-refractivity contribution in [3.05, 3.63) is 79.3 Å². The second kappa shape index (κ2) is 7.87. The number of rotatable bonds is 4. The predicted octanol–water partition coefficient (Wildman–Crippen LogP) is 4.95. The van der Waals surface area contributed by atoms with Crippen molar-refractivity contribution in [3.8, 4) is 22.4 Å². The predicted molar refractivity (Wildman–Crippen MR) is 133 cm³/mol. The van der Waals surface area contributed by atoms with E-state index in [1.54, 1.807) is 13.1 Å². The molecule has 0 unspecified atom stereocenters. The number of hydrogen-bond donors (Lipinski definition) is 2. The molecule has 0 saturated carbocycles. The molecule has 5 rings (SSSR count). The summed E-state index contributed by atoms with van der Waals surface area (Å²) in [7, 11) is 1.96. The van der Waals surface area contributed by atoms with E-state index in [4.69, 9.17) is 5.73 Å². The van der Waals surface area contributed by atoms with E-state index in [0.29, 0.717) is 17.1 Å². The second-order valence-electron chi connectivity index (χ2n) is 7.96. The summed E-state index contributed by atoms with van der Waals surface area (Å²) in [5, 5.41) is 4.70. The van der Waals surface area contributed by atoms with Gasteiger partial charge in [0.25, 0.3) is 5.91 Å². The minimum atomic E-state index is -0.209. The third-order valence-corrected chi connectivity index (χ3v) is 5.69. The first-order valence-corrected chi connectivity index (χ1v) is 10.5. The van der Waals surface area contributed by atoms with Gasteiger partial charge in [0.1, 0.15) is 17.8 Å². The maximum absolute atomic E-state index is 12.0. The summed E-state index contributed by atoms with van der Waals surface area (Å²) in [4.78, 5) is 25.2. The van der Waals surface area contributed by atoms with Gasteiger partial charge in [0.15, 0.2) is 0 Å². The zero-order chi connectivity index (χ0) is 23.1. The van der Waals surface area contributed by atoms with Crippen LogP contribution >= 0.6 is 0 Å². The van der Waals surface area contributed by atoms with Gasteiger partial charge in [-0.25, -0.2) is 9.97 Å². The van der Waals surface area contributed by atoms with E-state index >= 15 is 0 Å². The highest BCUT2D eigenvalue weighted by Crippen LogP contribution is 2.42. The number of carbonyl (C=O) groups is 1. The number of nitrogen functional groups attached to an aromatic ring is 1. The first-order valence-electron chi connectivity index (χ1n) is 10.5. The van der Waals surface area contributed by atoms with Crippen LogP contribution in [0.1, 0.15) is 6.92 Å². The Morgan fingerprint density at radius 1 is 1.03 bits per heavy atom. The number of anilines is 2. The molecule has 7 nitrogen and oxygen atoms in total. The Morgan fingerprint density at radius 2 is 1.79 bits per heavy atom. The number of aromatic nitrogens is 4. The van der Waals surface area contributed by atoms with Crippen LogP contribution in [0.4, 0.5) is 11.5 Å². The van der Waals surface area contributed by atoms with Crippen molar-refractivity contribution in [1.29, 1.82) is 0 Å². The summed E-state index contributed by atoms with van der Waals surface area (Å²) in [5.41, 5.74) is 12.9. The van der Waals surface area contributed by atoms with Crippen molar-refractivity contribution in [3.63, 3.8) is 0 Å². The Morgan fingerprint density at radius 3 is 2.55 bits per heavy atom. The minimum Gasteiger partial charge on any atom is -0.383 e. The van der Waals surface area contributed by atoms with E-state index in [1.807, 2.05) is 48.0 Å². The number of hydrogen-bond acceptors (Lipinski definition) is 5. The van der Waals surface area contributed by atoms with E-state index in [2.05, 4.69) is 45.0 Å². The van der Waals surface area contributed by atoms with Crippen LogP contribution < -0.4 is 11.1 Å². The van der Waals surface area contributed by atoms with Crippen LogP contribution in [0.3, 0.4) is 0 Å². The van der Waals surface area contributed by atoms with Gasteiger partial charge in [0.05, 0.1) is 16.6 Å². The Kier molecular flexibility index (Phi) is 4.86. The lowest BCUT2D eigenvalue weighted by Gasteiger charge is -2.11. The lowest BCUT2D eigenvalue weighted by molar-refractivity contribution is -0.112. The van der Waals surface area contributed by atoms with Gasteiger partial charge in [-0.2, -0.15) is 0 Å². The fourth-order valence-corrected chi connectivity index (χ4v) is 4.07. The molecular formula is C26H22N6O. The smallest absolute Gasteiger partial charge is 0.250 e. The van der Waals surface area contributed by atoms with E-state index in [0.717, 1.165) is 44.3 Å². The molecule has 5 aromatic rings. The molecule has 7 heteroatoms. The second-order valence-corrected chi connectivity index (χ2v) is 7.96. The van der Waals surface area contributed by atoms with Gasteiger partial charge < -0.3 is 15.6 Å². The van der Waals surface area contributed by atoms with Crippen molar-refractivity contribution in [1.82, 2.24) is 19.5 Å². The average molecular weight is 435 g/mol. The molecule has 3 N–H and O–H groups in total. The number of carbonyl (C=O) groups excluding carboxylic acids is 1. The fraction of sp³-hybridized carbons (Fsp3) is 0.0769. The van der Waals surface area contributed by atoms with Gasteiger partial charge in [-0.05, 0) is 42.3 Å². The third-order valence-electron chi connectivity index (χ3n) is 5.69. The van der Waals surface area contributed by atoms with Crippen molar-refractivity contribution < 1.29 is 4.79 Å². The molecule has 0 radical (unpaired) electrons. The summed E-state index contributed by atoms with van der Waals surface area (Å²) >= 11 is 0. The summed E-state index contributed by atoms with van der Waals surface area (Å²) in [6, 6.07) is 17.8.